The number of carboxylic acid groups (broad SMARTS) is 1. The van der Waals surface area contributed by atoms with Gasteiger partial charge in [-0.3, -0.25) is 23.4 Å². The van der Waals surface area contributed by atoms with Crippen LogP contribution in [0.1, 0.15) is 117 Å². The Labute approximate surface area is 287 Å². The fraction of sp³-hybridized carbons (Fsp3) is 0.639. The number of nitrogens with two attached hydrogens (primary N) is 1. The van der Waals surface area contributed by atoms with E-state index in [2.05, 4.69) is 48.8 Å². The number of carboxylic acids is 1. The third-order valence-corrected chi connectivity index (χ3v) is 7.79. The number of ether oxygens (including phenoxy) is 2. The highest BCUT2D eigenvalue weighted by molar-refractivity contribution is 7.47. The van der Waals surface area contributed by atoms with Crippen LogP contribution in [-0.4, -0.2) is 59.9 Å². The van der Waals surface area contributed by atoms with Gasteiger partial charge in [-0.15, -0.1) is 0 Å². The molecule has 0 fully saturated rings. The number of allylic oxidation sites excluding steroid dienone is 10. The molecule has 0 aromatic rings. The van der Waals surface area contributed by atoms with E-state index in [1.807, 2.05) is 30.4 Å². The summed E-state index contributed by atoms with van der Waals surface area (Å²) in [7, 11) is -4.72. The molecule has 2 unspecified atom stereocenters. The first-order chi connectivity index (χ1) is 23.1. The Morgan fingerprint density at radius 1 is 0.667 bits per heavy atom. The summed E-state index contributed by atoms with van der Waals surface area (Å²) < 4.78 is 32.4. The zero-order chi connectivity index (χ0) is 35.7. The summed E-state index contributed by atoms with van der Waals surface area (Å²) in [6.45, 7) is 2.51. The number of aliphatic carboxylic acids is 1. The van der Waals surface area contributed by atoms with E-state index < -0.39 is 51.1 Å². The van der Waals surface area contributed by atoms with E-state index in [9.17, 15) is 23.8 Å². The lowest BCUT2D eigenvalue weighted by molar-refractivity contribution is -0.161. The van der Waals surface area contributed by atoms with E-state index in [0.29, 0.717) is 12.8 Å². The van der Waals surface area contributed by atoms with Crippen molar-refractivity contribution in [2.24, 2.45) is 5.73 Å². The highest BCUT2D eigenvalue weighted by Crippen LogP contribution is 2.43. The van der Waals surface area contributed by atoms with Crippen LogP contribution in [0.25, 0.3) is 0 Å². The van der Waals surface area contributed by atoms with Crippen LogP contribution in [-0.2, 0) is 37.5 Å². The minimum absolute atomic E-state index is 0.129. The Hall–Kier alpha value is -2.82. The maximum absolute atomic E-state index is 12.5. The second kappa shape index (κ2) is 31.4. The molecule has 0 heterocycles. The predicted octanol–water partition coefficient (Wildman–Crippen LogP) is 8.05. The Morgan fingerprint density at radius 3 is 1.77 bits per heavy atom. The van der Waals surface area contributed by atoms with Gasteiger partial charge in [0.1, 0.15) is 12.6 Å². The Balaban J connectivity index is 4.59. The minimum atomic E-state index is -4.72. The number of esters is 2. The number of carbonyl (C=O) groups excluding carboxylic acids is 2. The number of unbranched alkanes of at least 4 members (excludes halogenated alkanes) is 10. The molecule has 0 aromatic heterocycles. The average Bonchev–Trinajstić information content (AvgIpc) is 3.05. The van der Waals surface area contributed by atoms with Crippen molar-refractivity contribution in [3.63, 3.8) is 0 Å². The second-order valence-electron chi connectivity index (χ2n) is 11.4. The zero-order valence-electron chi connectivity index (χ0n) is 29.0. The topological polar surface area (TPSA) is 172 Å². The van der Waals surface area contributed by atoms with Crippen LogP contribution >= 0.6 is 7.82 Å². The summed E-state index contributed by atoms with van der Waals surface area (Å²) in [5.74, 6) is -2.46. The van der Waals surface area contributed by atoms with Gasteiger partial charge in [0, 0.05) is 12.8 Å². The molecule has 0 saturated heterocycles. The van der Waals surface area contributed by atoms with Gasteiger partial charge in [0.2, 0.25) is 0 Å². The summed E-state index contributed by atoms with van der Waals surface area (Å²) in [6.07, 6.45) is 33.1. The molecule has 0 radical (unpaired) electrons. The van der Waals surface area contributed by atoms with Crippen LogP contribution in [0.15, 0.2) is 60.8 Å². The van der Waals surface area contributed by atoms with E-state index in [-0.39, 0.29) is 19.4 Å². The molecule has 12 heteroatoms. The van der Waals surface area contributed by atoms with E-state index in [1.54, 1.807) is 0 Å². The fourth-order valence-corrected chi connectivity index (χ4v) is 4.82. The maximum atomic E-state index is 12.5. The first-order valence-electron chi connectivity index (χ1n) is 17.4. The van der Waals surface area contributed by atoms with Gasteiger partial charge in [-0.2, -0.15) is 0 Å². The van der Waals surface area contributed by atoms with Crippen LogP contribution in [0, 0.1) is 0 Å². The Kier molecular flexibility index (Phi) is 29.6. The van der Waals surface area contributed by atoms with Crippen molar-refractivity contribution in [1.82, 2.24) is 0 Å². The first kappa shape index (κ1) is 45.2. The van der Waals surface area contributed by atoms with Crippen molar-refractivity contribution in [3.05, 3.63) is 60.8 Å². The number of phosphoric acid groups is 1. The molecular weight excluding hydrogens is 637 g/mol. The SMILES string of the molecule is CC/C=C/C=C/C=C/CCCCCCCC(=O)OC(COC(=O)CCCCC/C=C/C=C/CCCC)COP(=O)(O)OC[C@H](N)C(=O)O. The monoisotopic (exact) mass is 697 g/mol. The van der Waals surface area contributed by atoms with Gasteiger partial charge in [0.05, 0.1) is 13.2 Å². The molecule has 0 aromatic carbocycles. The molecule has 0 rings (SSSR count). The highest BCUT2D eigenvalue weighted by atomic mass is 31.2. The molecule has 0 amide bonds. The van der Waals surface area contributed by atoms with E-state index >= 15 is 0 Å². The Morgan fingerprint density at radius 2 is 1.17 bits per heavy atom. The number of rotatable bonds is 31. The smallest absolute Gasteiger partial charge is 0.472 e. The minimum Gasteiger partial charge on any atom is -0.480 e. The van der Waals surface area contributed by atoms with E-state index in [0.717, 1.165) is 64.2 Å². The van der Waals surface area contributed by atoms with Crippen molar-refractivity contribution in [2.75, 3.05) is 19.8 Å². The van der Waals surface area contributed by atoms with Crippen LogP contribution in [0.2, 0.25) is 0 Å². The standard InChI is InChI=1S/C36H60NO10P/c1-3-5-7-9-11-13-15-16-18-20-22-24-26-28-35(39)47-32(30-45-48(42,43)46-31-33(37)36(40)41)29-44-34(38)27-25-23-21-19-17-14-12-10-8-6-4-2/h5,7,9-15,17,32-33H,3-4,6,8,16,18-31,37H2,1-2H3,(H,40,41)(H,42,43)/b7-5+,11-9+,12-10+,15-13+,17-14+/t32?,33-/m0/s1. The lowest BCUT2D eigenvalue weighted by atomic mass is 10.1. The third-order valence-electron chi connectivity index (χ3n) is 6.84. The van der Waals surface area contributed by atoms with Crippen LogP contribution in [0.4, 0.5) is 0 Å². The molecule has 0 aliphatic carbocycles. The van der Waals surface area contributed by atoms with Crippen LogP contribution in [0.5, 0.6) is 0 Å². The van der Waals surface area contributed by atoms with E-state index in [4.69, 9.17) is 24.8 Å². The summed E-state index contributed by atoms with van der Waals surface area (Å²) in [5, 5.41) is 8.83. The third kappa shape index (κ3) is 30.5. The van der Waals surface area contributed by atoms with Gasteiger partial charge in [-0.1, -0.05) is 113 Å². The average molecular weight is 698 g/mol. The molecule has 0 aliphatic rings. The molecule has 0 spiro atoms. The Bertz CT molecular complexity index is 1050. The van der Waals surface area contributed by atoms with Crippen molar-refractivity contribution in [2.45, 2.75) is 129 Å². The number of hydrogen-bond acceptors (Lipinski definition) is 9. The molecule has 0 aliphatic heterocycles. The molecule has 3 atom stereocenters. The largest absolute Gasteiger partial charge is 0.480 e. The summed E-state index contributed by atoms with van der Waals surface area (Å²) >= 11 is 0. The lowest BCUT2D eigenvalue weighted by Gasteiger charge is -2.20. The second-order valence-corrected chi connectivity index (χ2v) is 12.8. The summed E-state index contributed by atoms with van der Waals surface area (Å²) in [5.41, 5.74) is 5.30. The molecule has 0 bridgehead atoms. The molecule has 11 nitrogen and oxygen atoms in total. The number of hydrogen-bond donors (Lipinski definition) is 3. The van der Waals surface area contributed by atoms with Gasteiger partial charge >= 0.3 is 25.7 Å². The van der Waals surface area contributed by atoms with Gasteiger partial charge in [-0.25, -0.2) is 4.57 Å². The molecule has 0 saturated carbocycles. The molecule has 48 heavy (non-hydrogen) atoms. The summed E-state index contributed by atoms with van der Waals surface area (Å²) in [6, 6.07) is -1.53. The van der Waals surface area contributed by atoms with Gasteiger partial charge < -0.3 is 25.2 Å². The fourth-order valence-electron chi connectivity index (χ4n) is 4.04. The number of carbonyl (C=O) groups is 3. The van der Waals surface area contributed by atoms with Gasteiger partial charge in [-0.05, 0) is 51.4 Å². The van der Waals surface area contributed by atoms with Gasteiger partial charge in [0.15, 0.2) is 6.10 Å². The predicted molar refractivity (Wildman–Crippen MR) is 189 cm³/mol. The zero-order valence-corrected chi connectivity index (χ0v) is 29.9. The van der Waals surface area contributed by atoms with Gasteiger partial charge in [0.25, 0.3) is 0 Å². The van der Waals surface area contributed by atoms with Crippen LogP contribution < -0.4 is 5.73 Å². The molecule has 274 valence electrons. The molecular formula is C36H60NO10P. The van der Waals surface area contributed by atoms with Crippen molar-refractivity contribution < 1.29 is 47.5 Å². The maximum Gasteiger partial charge on any atom is 0.472 e. The molecule has 4 N–H and O–H groups in total. The normalized spacial score (nSPS) is 14.8. The number of phosphoric ester groups is 1. The summed E-state index contributed by atoms with van der Waals surface area (Å²) in [4.78, 5) is 45.6. The lowest BCUT2D eigenvalue weighted by Crippen LogP contribution is -2.34. The highest BCUT2D eigenvalue weighted by Gasteiger charge is 2.28. The van der Waals surface area contributed by atoms with E-state index in [1.165, 1.54) is 12.8 Å². The van der Waals surface area contributed by atoms with Crippen LogP contribution in [0.3, 0.4) is 0 Å². The van der Waals surface area contributed by atoms with Crippen molar-refractivity contribution >= 4 is 25.7 Å². The first-order valence-corrected chi connectivity index (χ1v) is 18.9. The van der Waals surface area contributed by atoms with Crippen molar-refractivity contribution in [3.8, 4) is 0 Å². The van der Waals surface area contributed by atoms with Crippen molar-refractivity contribution in [1.29, 1.82) is 0 Å². The quantitative estimate of drug-likeness (QED) is 0.0277.